The molecule has 1 N–H and O–H groups in total. The lowest BCUT2D eigenvalue weighted by molar-refractivity contribution is 0.387. The Balaban J connectivity index is 1.64. The number of aryl methyl sites for hydroxylation is 1. The molecule has 0 aliphatic heterocycles. The number of ether oxygens (including phenoxy) is 2. The van der Waals surface area contributed by atoms with Crippen LogP contribution >= 0.6 is 0 Å². The van der Waals surface area contributed by atoms with E-state index in [4.69, 9.17) is 9.47 Å². The lowest BCUT2D eigenvalue weighted by Gasteiger charge is -2.11. The molecule has 0 fully saturated rings. The van der Waals surface area contributed by atoms with Crippen LogP contribution in [-0.4, -0.2) is 43.6 Å². The lowest BCUT2D eigenvalue weighted by atomic mass is 10.2. The summed E-state index contributed by atoms with van der Waals surface area (Å²) in [5.74, 6) is 1.60. The van der Waals surface area contributed by atoms with Crippen molar-refractivity contribution in [3.05, 3.63) is 48.5 Å². The van der Waals surface area contributed by atoms with Gasteiger partial charge in [-0.2, -0.15) is 4.98 Å². The van der Waals surface area contributed by atoms with Gasteiger partial charge in [0, 0.05) is 24.0 Å². The predicted molar refractivity (Wildman–Crippen MR) is 95.5 cm³/mol. The van der Waals surface area contributed by atoms with E-state index in [0.29, 0.717) is 23.2 Å². The van der Waals surface area contributed by atoms with Gasteiger partial charge in [-0.25, -0.2) is 4.98 Å². The van der Waals surface area contributed by atoms with Crippen LogP contribution in [0.25, 0.3) is 11.3 Å². The van der Waals surface area contributed by atoms with E-state index in [2.05, 4.69) is 25.5 Å². The average Bonchev–Trinajstić information content (AvgIpc) is 3.26. The van der Waals surface area contributed by atoms with Crippen molar-refractivity contribution in [2.45, 2.75) is 6.92 Å². The van der Waals surface area contributed by atoms with Crippen LogP contribution in [0.5, 0.6) is 11.6 Å². The minimum Gasteiger partial charge on any atom is -0.494 e. The molecule has 3 heterocycles. The van der Waals surface area contributed by atoms with Crippen molar-refractivity contribution >= 4 is 17.3 Å². The highest BCUT2D eigenvalue weighted by molar-refractivity contribution is 5.62. The third kappa shape index (κ3) is 2.90. The van der Waals surface area contributed by atoms with Crippen molar-refractivity contribution < 1.29 is 9.47 Å². The fraction of sp³-hybridized carbons (Fsp3) is 0.176. The summed E-state index contributed by atoms with van der Waals surface area (Å²) in [6, 6.07) is 9.27. The molecule has 9 heteroatoms. The van der Waals surface area contributed by atoms with Crippen molar-refractivity contribution in [1.82, 2.24) is 29.4 Å². The minimum atomic E-state index is 0.430. The SMILES string of the molecule is COc1ccc2nc(Nc3ccc(-n4cnc(C)c4)c(OC)c3)nn2n1. The molecular weight excluding hydrogens is 334 g/mol. The molecule has 4 aromatic rings. The normalized spacial score (nSPS) is 10.9. The van der Waals surface area contributed by atoms with Gasteiger partial charge in [0.1, 0.15) is 5.75 Å². The molecular formula is C17H17N7O2. The predicted octanol–water partition coefficient (Wildman–Crippen LogP) is 2.38. The van der Waals surface area contributed by atoms with Gasteiger partial charge < -0.3 is 19.4 Å². The summed E-state index contributed by atoms with van der Waals surface area (Å²) < 4.78 is 13.9. The van der Waals surface area contributed by atoms with Crippen LogP contribution < -0.4 is 14.8 Å². The number of hydrogen-bond acceptors (Lipinski definition) is 7. The standard InChI is InChI=1S/C17H17N7O2/c1-11-9-23(10-18-11)13-5-4-12(8-14(13)25-2)19-17-20-15-6-7-16(26-3)21-24(15)22-17/h4-10H,1-3H3,(H,19,22). The first-order chi connectivity index (χ1) is 12.7. The Hall–Kier alpha value is -3.62. The molecule has 0 unspecified atom stereocenters. The molecule has 132 valence electrons. The van der Waals surface area contributed by atoms with Crippen molar-refractivity contribution in [2.24, 2.45) is 0 Å². The topological polar surface area (TPSA) is 91.4 Å². The van der Waals surface area contributed by atoms with Crippen molar-refractivity contribution in [3.63, 3.8) is 0 Å². The number of hydrogen-bond donors (Lipinski definition) is 1. The fourth-order valence-electron chi connectivity index (χ4n) is 2.58. The first-order valence-corrected chi connectivity index (χ1v) is 7.90. The van der Waals surface area contributed by atoms with Crippen LogP contribution in [0.2, 0.25) is 0 Å². The van der Waals surface area contributed by atoms with Gasteiger partial charge in [-0.3, -0.25) is 0 Å². The number of methoxy groups -OCH3 is 2. The maximum absolute atomic E-state index is 5.51. The monoisotopic (exact) mass is 351 g/mol. The Bertz CT molecular complexity index is 1070. The number of nitrogens with zero attached hydrogens (tertiary/aromatic N) is 6. The van der Waals surface area contributed by atoms with Crippen LogP contribution in [0, 0.1) is 6.92 Å². The number of fused-ring (bicyclic) bond motifs is 1. The Kier molecular flexibility index (Phi) is 3.88. The largest absolute Gasteiger partial charge is 0.494 e. The number of aromatic nitrogens is 6. The highest BCUT2D eigenvalue weighted by Crippen LogP contribution is 2.28. The molecule has 26 heavy (non-hydrogen) atoms. The summed E-state index contributed by atoms with van der Waals surface area (Å²) in [7, 11) is 3.19. The van der Waals surface area contributed by atoms with E-state index < -0.39 is 0 Å². The van der Waals surface area contributed by atoms with Gasteiger partial charge in [-0.15, -0.1) is 14.8 Å². The van der Waals surface area contributed by atoms with Crippen molar-refractivity contribution in [2.75, 3.05) is 19.5 Å². The number of nitrogens with one attached hydrogen (secondary N) is 1. The van der Waals surface area contributed by atoms with Crippen molar-refractivity contribution in [1.29, 1.82) is 0 Å². The summed E-state index contributed by atoms with van der Waals surface area (Å²) in [5.41, 5.74) is 3.25. The van der Waals surface area contributed by atoms with Crippen LogP contribution in [0.4, 0.5) is 11.6 Å². The zero-order valence-electron chi connectivity index (χ0n) is 14.5. The summed E-state index contributed by atoms with van der Waals surface area (Å²) in [6.45, 7) is 1.94. The van der Waals surface area contributed by atoms with Crippen LogP contribution in [-0.2, 0) is 0 Å². The van der Waals surface area contributed by atoms with Gasteiger partial charge in [-0.1, -0.05) is 0 Å². The number of anilines is 2. The molecule has 0 saturated carbocycles. The zero-order valence-corrected chi connectivity index (χ0v) is 14.5. The van der Waals surface area contributed by atoms with Gasteiger partial charge in [0.2, 0.25) is 11.8 Å². The van der Waals surface area contributed by atoms with E-state index in [0.717, 1.165) is 17.1 Å². The summed E-state index contributed by atoms with van der Waals surface area (Å²) >= 11 is 0. The Morgan fingerprint density at radius 3 is 2.65 bits per heavy atom. The van der Waals surface area contributed by atoms with E-state index in [1.807, 2.05) is 35.9 Å². The highest BCUT2D eigenvalue weighted by Gasteiger charge is 2.10. The molecule has 0 aliphatic carbocycles. The van der Waals surface area contributed by atoms with E-state index in [-0.39, 0.29) is 0 Å². The van der Waals surface area contributed by atoms with E-state index in [1.165, 1.54) is 4.63 Å². The molecule has 3 aromatic heterocycles. The van der Waals surface area contributed by atoms with Crippen LogP contribution in [0.15, 0.2) is 42.9 Å². The molecule has 0 spiro atoms. The van der Waals surface area contributed by atoms with Gasteiger partial charge in [0.25, 0.3) is 0 Å². The van der Waals surface area contributed by atoms with Gasteiger partial charge in [-0.05, 0) is 25.1 Å². The van der Waals surface area contributed by atoms with Gasteiger partial charge in [0.15, 0.2) is 5.65 Å². The first-order valence-electron chi connectivity index (χ1n) is 7.90. The zero-order chi connectivity index (χ0) is 18.1. The number of rotatable bonds is 5. The van der Waals surface area contributed by atoms with Crippen molar-refractivity contribution in [3.8, 4) is 17.3 Å². The second-order valence-electron chi connectivity index (χ2n) is 5.59. The third-order valence-electron chi connectivity index (χ3n) is 3.82. The second kappa shape index (κ2) is 6.36. The number of benzene rings is 1. The molecule has 0 saturated heterocycles. The number of imidazole rings is 1. The Morgan fingerprint density at radius 1 is 1.04 bits per heavy atom. The fourth-order valence-corrected chi connectivity index (χ4v) is 2.58. The first kappa shape index (κ1) is 15.9. The molecule has 9 nitrogen and oxygen atoms in total. The molecule has 0 bridgehead atoms. The van der Waals surface area contributed by atoms with E-state index in [1.54, 1.807) is 32.7 Å². The van der Waals surface area contributed by atoms with Gasteiger partial charge >= 0.3 is 0 Å². The maximum atomic E-state index is 5.51. The molecule has 0 atom stereocenters. The highest BCUT2D eigenvalue weighted by atomic mass is 16.5. The molecule has 0 radical (unpaired) electrons. The lowest BCUT2D eigenvalue weighted by Crippen LogP contribution is -1.99. The Morgan fingerprint density at radius 2 is 1.92 bits per heavy atom. The maximum Gasteiger partial charge on any atom is 0.249 e. The minimum absolute atomic E-state index is 0.430. The van der Waals surface area contributed by atoms with Gasteiger partial charge in [0.05, 0.1) is 31.9 Å². The summed E-state index contributed by atoms with van der Waals surface area (Å²) in [4.78, 5) is 8.64. The molecule has 0 aliphatic rings. The summed E-state index contributed by atoms with van der Waals surface area (Å²) in [6.07, 6.45) is 3.69. The Labute approximate surface area is 149 Å². The van der Waals surface area contributed by atoms with E-state index >= 15 is 0 Å². The summed E-state index contributed by atoms with van der Waals surface area (Å²) in [5, 5.41) is 11.7. The average molecular weight is 351 g/mol. The molecule has 0 amide bonds. The second-order valence-corrected chi connectivity index (χ2v) is 5.59. The van der Waals surface area contributed by atoms with Crippen LogP contribution in [0.3, 0.4) is 0 Å². The molecule has 1 aromatic carbocycles. The smallest absolute Gasteiger partial charge is 0.249 e. The van der Waals surface area contributed by atoms with E-state index in [9.17, 15) is 0 Å². The third-order valence-corrected chi connectivity index (χ3v) is 3.82. The molecule has 4 rings (SSSR count). The van der Waals surface area contributed by atoms with Crippen LogP contribution in [0.1, 0.15) is 5.69 Å². The quantitative estimate of drug-likeness (QED) is 0.590.